The quantitative estimate of drug-likeness (QED) is 0.469. The van der Waals surface area contributed by atoms with E-state index in [-0.39, 0.29) is 24.4 Å². The average molecular weight is 497 g/mol. The molecule has 3 N–H and O–H groups in total. The minimum atomic E-state index is -0.798. The van der Waals surface area contributed by atoms with Crippen LogP contribution < -0.4 is 10.5 Å². The number of carbonyl (C=O) groups is 2. The maximum Gasteiger partial charge on any atom is 0.308 e. The van der Waals surface area contributed by atoms with Gasteiger partial charge in [0, 0.05) is 63.5 Å². The molecule has 8 heteroatoms. The summed E-state index contributed by atoms with van der Waals surface area (Å²) < 4.78 is 7.74. The highest BCUT2D eigenvalue weighted by molar-refractivity contribution is 5.79. The number of aliphatic carboxylic acids is 1. The number of benzene rings is 1. The number of aromatic nitrogens is 1. The standard InChI is InChI=1S/C28H40N4O4/c1-3-4-14-31(15-12-29)26(33)19-32-18-23(20-7-10-25-21(17-20)11-16-36-25)27(28(34)35)24(32)9-8-22-6-5-13-30(22)2/h5-7,10,13,17,23-24,27H,3-4,8-9,11-12,14-16,18-19,29H2,1-2H3,(H,34,35)/t23-,24+,27?/m1/s1. The molecule has 3 atom stereocenters. The van der Waals surface area contributed by atoms with E-state index in [1.807, 2.05) is 36.3 Å². The summed E-state index contributed by atoms with van der Waals surface area (Å²) in [4.78, 5) is 30.0. The molecular formula is C28H40N4O4. The zero-order chi connectivity index (χ0) is 25.7. The molecule has 1 saturated heterocycles. The Labute approximate surface area is 214 Å². The van der Waals surface area contributed by atoms with Crippen molar-refractivity contribution in [2.24, 2.45) is 18.7 Å². The van der Waals surface area contributed by atoms with Gasteiger partial charge < -0.3 is 25.0 Å². The molecule has 0 spiro atoms. The smallest absolute Gasteiger partial charge is 0.308 e. The first-order valence-corrected chi connectivity index (χ1v) is 13.2. The molecular weight excluding hydrogens is 456 g/mol. The summed E-state index contributed by atoms with van der Waals surface area (Å²) in [5.74, 6) is -0.641. The highest BCUT2D eigenvalue weighted by atomic mass is 16.5. The molecule has 196 valence electrons. The molecule has 1 amide bonds. The van der Waals surface area contributed by atoms with Crippen molar-refractivity contribution >= 4 is 11.9 Å². The highest BCUT2D eigenvalue weighted by Gasteiger charge is 2.47. The number of nitrogens with two attached hydrogens (primary N) is 1. The van der Waals surface area contributed by atoms with Gasteiger partial charge >= 0.3 is 5.97 Å². The van der Waals surface area contributed by atoms with Crippen molar-refractivity contribution in [1.29, 1.82) is 0 Å². The van der Waals surface area contributed by atoms with E-state index in [0.717, 1.165) is 48.3 Å². The second kappa shape index (κ2) is 11.9. The van der Waals surface area contributed by atoms with Crippen LogP contribution in [0.1, 0.15) is 48.9 Å². The van der Waals surface area contributed by atoms with Crippen molar-refractivity contribution in [2.75, 3.05) is 39.3 Å². The second-order valence-electron chi connectivity index (χ2n) is 10.1. The van der Waals surface area contributed by atoms with Crippen LogP contribution in [0.5, 0.6) is 5.75 Å². The van der Waals surface area contributed by atoms with Crippen molar-refractivity contribution in [3.05, 3.63) is 53.3 Å². The summed E-state index contributed by atoms with van der Waals surface area (Å²) in [6, 6.07) is 9.94. The number of likely N-dealkylation sites (tertiary alicyclic amines) is 1. The van der Waals surface area contributed by atoms with Crippen LogP contribution >= 0.6 is 0 Å². The summed E-state index contributed by atoms with van der Waals surface area (Å²) in [5, 5.41) is 10.4. The fourth-order valence-corrected chi connectivity index (χ4v) is 5.82. The molecule has 1 fully saturated rings. The lowest BCUT2D eigenvalue weighted by atomic mass is 9.83. The Kier molecular flexibility index (Phi) is 8.69. The van der Waals surface area contributed by atoms with Crippen molar-refractivity contribution in [3.63, 3.8) is 0 Å². The van der Waals surface area contributed by atoms with Crippen LogP contribution in [-0.4, -0.2) is 76.7 Å². The number of amides is 1. The molecule has 0 saturated carbocycles. The van der Waals surface area contributed by atoms with Crippen molar-refractivity contribution in [1.82, 2.24) is 14.4 Å². The molecule has 4 rings (SSSR count). The molecule has 0 aliphatic carbocycles. The molecule has 3 heterocycles. The zero-order valence-electron chi connectivity index (χ0n) is 21.6. The van der Waals surface area contributed by atoms with Crippen LogP contribution in [-0.2, 0) is 29.5 Å². The van der Waals surface area contributed by atoms with Crippen LogP contribution in [0, 0.1) is 5.92 Å². The molecule has 1 unspecified atom stereocenters. The van der Waals surface area contributed by atoms with Gasteiger partial charge in [-0.25, -0.2) is 0 Å². The van der Waals surface area contributed by atoms with E-state index in [1.165, 1.54) is 0 Å². The Hall–Kier alpha value is -2.84. The molecule has 0 bridgehead atoms. The van der Waals surface area contributed by atoms with E-state index < -0.39 is 11.9 Å². The van der Waals surface area contributed by atoms with E-state index in [0.29, 0.717) is 39.2 Å². The highest BCUT2D eigenvalue weighted by Crippen LogP contribution is 2.41. The lowest BCUT2D eigenvalue weighted by Gasteiger charge is -2.29. The largest absolute Gasteiger partial charge is 0.493 e. The summed E-state index contributed by atoms with van der Waals surface area (Å²) in [7, 11) is 2.01. The molecule has 0 radical (unpaired) electrons. The van der Waals surface area contributed by atoms with Gasteiger partial charge in [0.1, 0.15) is 5.75 Å². The summed E-state index contributed by atoms with van der Waals surface area (Å²) in [6.45, 7) is 5.17. The van der Waals surface area contributed by atoms with E-state index in [1.54, 1.807) is 0 Å². The maximum absolute atomic E-state index is 13.4. The van der Waals surface area contributed by atoms with Crippen molar-refractivity contribution in [3.8, 4) is 5.75 Å². The molecule has 1 aromatic carbocycles. The molecule has 2 aliphatic heterocycles. The van der Waals surface area contributed by atoms with Gasteiger partial charge in [0.2, 0.25) is 5.91 Å². The van der Waals surface area contributed by atoms with Crippen LogP contribution in [0.2, 0.25) is 0 Å². The van der Waals surface area contributed by atoms with E-state index >= 15 is 0 Å². The van der Waals surface area contributed by atoms with Crippen LogP contribution in [0.3, 0.4) is 0 Å². The Bertz CT molecular complexity index is 1050. The number of aryl methyl sites for hydroxylation is 2. The van der Waals surface area contributed by atoms with Crippen LogP contribution in [0.25, 0.3) is 0 Å². The Morgan fingerprint density at radius 1 is 1.25 bits per heavy atom. The number of hydrogen-bond acceptors (Lipinski definition) is 5. The first kappa shape index (κ1) is 26.2. The van der Waals surface area contributed by atoms with Gasteiger partial charge in [-0.05, 0) is 48.6 Å². The van der Waals surface area contributed by atoms with Crippen molar-refractivity contribution < 1.29 is 19.4 Å². The zero-order valence-corrected chi connectivity index (χ0v) is 21.6. The Morgan fingerprint density at radius 3 is 2.78 bits per heavy atom. The van der Waals surface area contributed by atoms with Gasteiger partial charge in [0.25, 0.3) is 0 Å². The number of carbonyl (C=O) groups excluding carboxylic acids is 1. The fourth-order valence-electron chi connectivity index (χ4n) is 5.82. The fraction of sp³-hybridized carbons (Fsp3) is 0.571. The van der Waals surface area contributed by atoms with Gasteiger partial charge in [0.15, 0.2) is 0 Å². The number of nitrogens with zero attached hydrogens (tertiary/aromatic N) is 3. The van der Waals surface area contributed by atoms with Gasteiger partial charge in [-0.3, -0.25) is 14.5 Å². The average Bonchev–Trinajstić information content (AvgIpc) is 3.58. The van der Waals surface area contributed by atoms with E-state index in [2.05, 4.69) is 28.5 Å². The number of carboxylic acids is 1. The normalized spacial score (nSPS) is 21.4. The van der Waals surface area contributed by atoms with Crippen molar-refractivity contribution in [2.45, 2.75) is 51.0 Å². The molecule has 2 aromatic rings. The van der Waals surface area contributed by atoms with Gasteiger partial charge in [-0.2, -0.15) is 0 Å². The first-order chi connectivity index (χ1) is 17.4. The molecule has 1 aromatic heterocycles. The van der Waals surface area contributed by atoms with E-state index in [9.17, 15) is 14.7 Å². The second-order valence-corrected chi connectivity index (χ2v) is 10.1. The third-order valence-corrected chi connectivity index (χ3v) is 7.79. The van der Waals surface area contributed by atoms with Gasteiger partial charge in [0.05, 0.1) is 19.1 Å². The Balaban J connectivity index is 1.60. The minimum absolute atomic E-state index is 0.0323. The third kappa shape index (κ3) is 5.76. The predicted octanol–water partition coefficient (Wildman–Crippen LogP) is 2.65. The van der Waals surface area contributed by atoms with Gasteiger partial charge in [-0.1, -0.05) is 25.5 Å². The predicted molar refractivity (Wildman–Crippen MR) is 139 cm³/mol. The number of ether oxygens (including phenoxy) is 1. The van der Waals surface area contributed by atoms with Crippen LogP contribution in [0.15, 0.2) is 36.5 Å². The summed E-state index contributed by atoms with van der Waals surface area (Å²) in [5.41, 5.74) is 9.12. The summed E-state index contributed by atoms with van der Waals surface area (Å²) in [6.07, 6.45) is 6.23. The molecule has 36 heavy (non-hydrogen) atoms. The first-order valence-electron chi connectivity index (χ1n) is 13.2. The topological polar surface area (TPSA) is 101 Å². The number of hydrogen-bond donors (Lipinski definition) is 2. The lowest BCUT2D eigenvalue weighted by molar-refractivity contribution is -0.143. The van der Waals surface area contributed by atoms with E-state index in [4.69, 9.17) is 10.5 Å². The minimum Gasteiger partial charge on any atom is -0.493 e. The SMILES string of the molecule is CCCCN(CCN)C(=O)CN1C[C@H](c2ccc3c(c2)CCO3)C(C(=O)O)[C@@H]1CCc1cccn1C. The monoisotopic (exact) mass is 496 g/mol. The third-order valence-electron chi connectivity index (χ3n) is 7.79. The number of rotatable bonds is 12. The van der Waals surface area contributed by atoms with Crippen LogP contribution in [0.4, 0.5) is 0 Å². The maximum atomic E-state index is 13.4. The number of carboxylic acid groups (broad SMARTS) is 1. The molecule has 2 aliphatic rings. The number of fused-ring (bicyclic) bond motifs is 1. The lowest BCUT2D eigenvalue weighted by Crippen LogP contribution is -2.45. The summed E-state index contributed by atoms with van der Waals surface area (Å²) >= 11 is 0. The Morgan fingerprint density at radius 2 is 2.08 bits per heavy atom. The number of unbranched alkanes of at least 4 members (excludes halogenated alkanes) is 1. The molecule has 8 nitrogen and oxygen atoms in total. The van der Waals surface area contributed by atoms with Gasteiger partial charge in [-0.15, -0.1) is 0 Å².